The quantitative estimate of drug-likeness (QED) is 0.400. The Bertz CT molecular complexity index is 1670. The van der Waals surface area contributed by atoms with Crippen molar-refractivity contribution in [3.63, 3.8) is 0 Å². The summed E-state index contributed by atoms with van der Waals surface area (Å²) < 4.78 is 6.22. The van der Waals surface area contributed by atoms with Crippen molar-refractivity contribution in [2.24, 2.45) is 23.7 Å². The summed E-state index contributed by atoms with van der Waals surface area (Å²) in [6.07, 6.45) is 5.04. The van der Waals surface area contributed by atoms with Crippen molar-refractivity contribution >= 4 is 28.9 Å². The van der Waals surface area contributed by atoms with Crippen LogP contribution in [0.2, 0.25) is 0 Å². The van der Waals surface area contributed by atoms with E-state index in [-0.39, 0.29) is 14.7 Å². The van der Waals surface area contributed by atoms with E-state index < -0.39 is 0 Å². The minimum Gasteiger partial charge on any atom is -0.488 e. The van der Waals surface area contributed by atoms with Crippen molar-refractivity contribution in [3.05, 3.63) is 94.6 Å². The van der Waals surface area contributed by atoms with Gasteiger partial charge in [0, 0.05) is 45.7 Å². The van der Waals surface area contributed by atoms with E-state index in [0.717, 1.165) is 60.6 Å². The second-order valence-electron chi connectivity index (χ2n) is 11.5. The molecule has 4 aliphatic rings. The van der Waals surface area contributed by atoms with Gasteiger partial charge in [-0.15, -0.1) is 0 Å². The molecule has 2 saturated heterocycles. The lowest BCUT2D eigenvalue weighted by molar-refractivity contribution is 0.0629. The van der Waals surface area contributed by atoms with E-state index in [4.69, 9.17) is 4.74 Å². The van der Waals surface area contributed by atoms with E-state index in [1.807, 2.05) is 70.5 Å². The monoisotopic (exact) mass is 535 g/mol. The maximum Gasteiger partial charge on any atom is 0.254 e. The summed E-state index contributed by atoms with van der Waals surface area (Å²) in [6, 6.07) is 19.5. The Hall–Kier alpha value is -4.46. The maximum atomic E-state index is 13.7. The van der Waals surface area contributed by atoms with E-state index in [9.17, 15) is 9.59 Å². The first-order chi connectivity index (χ1) is 19.6. The van der Waals surface area contributed by atoms with Crippen LogP contribution in [-0.2, 0) is 13.0 Å². The molecule has 8 heteroatoms. The number of hydrogen-bond donors (Lipinski definition) is 1. The largest absolute Gasteiger partial charge is 0.488 e. The van der Waals surface area contributed by atoms with Crippen LogP contribution in [0.25, 0.3) is 17.1 Å². The van der Waals surface area contributed by atoms with Crippen LogP contribution < -0.4 is 4.74 Å². The number of aromatic amines is 1. The van der Waals surface area contributed by atoms with Gasteiger partial charge in [0.05, 0.1) is 0 Å². The summed E-state index contributed by atoms with van der Waals surface area (Å²) in [5.74, 6) is 2.73. The van der Waals surface area contributed by atoms with Crippen molar-refractivity contribution in [3.8, 4) is 5.75 Å². The van der Waals surface area contributed by atoms with Gasteiger partial charge in [-0.1, -0.05) is 42.5 Å². The maximum absolute atomic E-state index is 13.7. The average Bonchev–Trinajstić information content (AvgIpc) is 3.78. The third-order valence-corrected chi connectivity index (χ3v) is 9.40. The predicted molar refractivity (Wildman–Crippen MR) is 154 cm³/mol. The number of amides is 2. The highest BCUT2D eigenvalue weighted by atomic mass is 16.5. The number of carbonyl (C=O) groups excluding carboxylic acids is 2. The van der Waals surface area contributed by atoms with E-state index in [0.29, 0.717) is 46.9 Å². The summed E-state index contributed by atoms with van der Waals surface area (Å²) in [7, 11) is 0. The SMILES string of the molecule is O=C(c1cc2c(c(OCc3ccccc3)c1)C=CC2)N1CC2C(C1)[C@@H]1CN(C(=O)c3ccc4n[nH]nc4c3)C[C@H]21.[HH].[HH]. The number of hydrogen-bond acceptors (Lipinski definition) is 5. The van der Waals surface area contributed by atoms with Gasteiger partial charge in [0.15, 0.2) is 0 Å². The van der Waals surface area contributed by atoms with Gasteiger partial charge >= 0.3 is 0 Å². The molecule has 2 unspecified atom stereocenters. The number of allylic oxidation sites excluding steroid dienone is 1. The van der Waals surface area contributed by atoms with Gasteiger partial charge in [0.2, 0.25) is 0 Å². The molecular weight excluding hydrogens is 502 g/mol. The minimum absolute atomic E-state index is 0. The third-order valence-electron chi connectivity index (χ3n) is 9.40. The number of carbonyl (C=O) groups is 2. The van der Waals surface area contributed by atoms with Crippen LogP contribution >= 0.6 is 0 Å². The zero-order valence-corrected chi connectivity index (χ0v) is 22.0. The van der Waals surface area contributed by atoms with Crippen molar-refractivity contribution in [2.75, 3.05) is 26.2 Å². The lowest BCUT2D eigenvalue weighted by Gasteiger charge is -2.42. The van der Waals surface area contributed by atoms with Crippen LogP contribution in [0.1, 0.15) is 40.3 Å². The van der Waals surface area contributed by atoms with Crippen molar-refractivity contribution in [2.45, 2.75) is 13.0 Å². The molecule has 2 amide bonds. The summed E-state index contributed by atoms with van der Waals surface area (Å²) >= 11 is 0. The second-order valence-corrected chi connectivity index (χ2v) is 11.5. The van der Waals surface area contributed by atoms with Gasteiger partial charge in [-0.2, -0.15) is 15.4 Å². The fourth-order valence-electron chi connectivity index (χ4n) is 7.37. The van der Waals surface area contributed by atoms with Crippen LogP contribution in [0, 0.1) is 23.7 Å². The molecule has 3 heterocycles. The Kier molecular flexibility index (Phi) is 5.30. The molecule has 4 atom stereocenters. The molecule has 2 aliphatic carbocycles. The molecule has 2 aliphatic heterocycles. The normalized spacial score (nSPS) is 24.1. The fraction of sp³-hybridized carbons (Fsp3) is 0.312. The molecule has 8 nitrogen and oxygen atoms in total. The lowest BCUT2D eigenvalue weighted by atomic mass is 9.60. The van der Waals surface area contributed by atoms with E-state index >= 15 is 0 Å². The highest BCUT2D eigenvalue weighted by molar-refractivity contribution is 5.98. The molecule has 1 aromatic heterocycles. The molecule has 0 radical (unpaired) electrons. The first-order valence-electron chi connectivity index (χ1n) is 14.0. The number of likely N-dealkylation sites (tertiary alicyclic amines) is 2. The number of rotatable bonds is 5. The zero-order chi connectivity index (χ0) is 26.8. The zero-order valence-electron chi connectivity index (χ0n) is 22.0. The van der Waals surface area contributed by atoms with Gasteiger partial charge < -0.3 is 14.5 Å². The Morgan fingerprint density at radius 1 is 0.825 bits per heavy atom. The number of H-pyrrole nitrogens is 1. The summed E-state index contributed by atoms with van der Waals surface area (Å²) in [5.41, 5.74) is 6.14. The Morgan fingerprint density at radius 2 is 1.50 bits per heavy atom. The summed E-state index contributed by atoms with van der Waals surface area (Å²) in [6.45, 7) is 3.50. The van der Waals surface area contributed by atoms with E-state index in [1.54, 1.807) is 0 Å². The van der Waals surface area contributed by atoms with E-state index in [1.165, 1.54) is 0 Å². The molecule has 3 aromatic carbocycles. The van der Waals surface area contributed by atoms with Gasteiger partial charge in [-0.05, 0) is 71.6 Å². The van der Waals surface area contributed by atoms with Crippen LogP contribution in [0.4, 0.5) is 0 Å². The Labute approximate surface area is 234 Å². The topological polar surface area (TPSA) is 91.4 Å². The standard InChI is InChI=1S/C32H29N5O3.2H2/c38-31(21-9-10-28-29(12-21)34-35-33-28)36-14-24-25(15-36)27-17-37(16-26(24)27)32(39)22-11-20-7-4-8-23(20)30(13-22)40-18-19-5-2-1-3-6-19;;/h1-6,8-13,24-27H,7,14-18H2,(H,33,34,35);2*1H/t24-,25+,26?,27?;;. The molecule has 40 heavy (non-hydrogen) atoms. The van der Waals surface area contributed by atoms with Crippen molar-refractivity contribution in [1.29, 1.82) is 0 Å². The molecular formula is C32H33N5O3. The third kappa shape index (κ3) is 3.73. The minimum atomic E-state index is 0. The van der Waals surface area contributed by atoms with E-state index in [2.05, 4.69) is 27.6 Å². The first-order valence-corrected chi connectivity index (χ1v) is 14.0. The highest BCUT2D eigenvalue weighted by Crippen LogP contribution is 2.54. The molecule has 0 spiro atoms. The van der Waals surface area contributed by atoms with Gasteiger partial charge in [0.25, 0.3) is 11.8 Å². The van der Waals surface area contributed by atoms with Crippen molar-refractivity contribution in [1.82, 2.24) is 25.2 Å². The average molecular weight is 536 g/mol. The highest BCUT2D eigenvalue weighted by Gasteiger charge is 2.59. The number of nitrogens with zero attached hydrogens (tertiary/aromatic N) is 4. The predicted octanol–water partition coefficient (Wildman–Crippen LogP) is 4.69. The fourth-order valence-corrected chi connectivity index (χ4v) is 7.37. The Balaban J connectivity index is 0.00000158. The molecule has 3 fully saturated rings. The Morgan fingerprint density at radius 3 is 2.23 bits per heavy atom. The van der Waals surface area contributed by atoms with Crippen LogP contribution in [0.3, 0.4) is 0 Å². The summed E-state index contributed by atoms with van der Waals surface area (Å²) in [5, 5.41) is 10.8. The van der Waals surface area contributed by atoms with Crippen LogP contribution in [-0.4, -0.2) is 63.2 Å². The van der Waals surface area contributed by atoms with Gasteiger partial charge in [-0.25, -0.2) is 0 Å². The molecule has 4 aromatic rings. The smallest absolute Gasteiger partial charge is 0.254 e. The number of fused-ring (bicyclic) bond motifs is 6. The molecule has 1 N–H and O–H groups in total. The number of nitrogens with one attached hydrogen (secondary N) is 1. The second kappa shape index (κ2) is 9.05. The number of benzene rings is 3. The molecule has 1 saturated carbocycles. The molecule has 0 bridgehead atoms. The van der Waals surface area contributed by atoms with Crippen LogP contribution in [0.5, 0.6) is 5.75 Å². The number of ether oxygens (including phenoxy) is 1. The molecule has 204 valence electrons. The first kappa shape index (κ1) is 23.4. The molecule has 8 rings (SSSR count). The lowest BCUT2D eigenvalue weighted by Crippen LogP contribution is -2.44. The number of aromatic nitrogens is 3. The summed E-state index contributed by atoms with van der Waals surface area (Å²) in [4.78, 5) is 31.0. The van der Waals surface area contributed by atoms with Gasteiger partial charge in [-0.3, -0.25) is 9.59 Å². The van der Waals surface area contributed by atoms with Gasteiger partial charge in [0.1, 0.15) is 23.4 Å². The van der Waals surface area contributed by atoms with Crippen molar-refractivity contribution < 1.29 is 17.2 Å². The van der Waals surface area contributed by atoms with Crippen LogP contribution in [0.15, 0.2) is 66.7 Å².